The molecule has 1 aromatic carbocycles. The predicted molar refractivity (Wildman–Crippen MR) is 64.5 cm³/mol. The van der Waals surface area contributed by atoms with Crippen molar-refractivity contribution in [2.45, 2.75) is 10.2 Å². The van der Waals surface area contributed by atoms with Gasteiger partial charge in [0, 0.05) is 20.5 Å². The van der Waals surface area contributed by atoms with Crippen LogP contribution in [0.2, 0.25) is 0 Å². The van der Waals surface area contributed by atoms with E-state index in [0.717, 1.165) is 0 Å². The van der Waals surface area contributed by atoms with Crippen molar-refractivity contribution in [3.8, 4) is 6.07 Å². The van der Waals surface area contributed by atoms with E-state index in [1.807, 2.05) is 6.07 Å². The molecular weight excluding hydrogens is 369 g/mol. The Morgan fingerprint density at radius 3 is 2.47 bits per heavy atom. The van der Waals surface area contributed by atoms with Crippen LogP contribution in [-0.4, -0.2) is 8.42 Å². The Bertz CT molecular complexity index is 536. The van der Waals surface area contributed by atoms with Crippen LogP contribution in [0.25, 0.3) is 0 Å². The van der Waals surface area contributed by atoms with E-state index in [-0.39, 0.29) is 10.5 Å². The monoisotopic (exact) mass is 371 g/mol. The van der Waals surface area contributed by atoms with Gasteiger partial charge in [0.15, 0.2) is 0 Å². The maximum atomic E-state index is 11.1. The quantitative estimate of drug-likeness (QED) is 0.591. The van der Waals surface area contributed by atoms with Gasteiger partial charge in [-0.25, -0.2) is 8.42 Å². The number of nitrogens with zero attached hydrogens (tertiary/aromatic N) is 1. The number of nitriles is 1. The molecule has 0 spiro atoms. The first-order chi connectivity index (χ1) is 6.90. The van der Waals surface area contributed by atoms with Crippen LogP contribution in [0.1, 0.15) is 11.1 Å². The lowest BCUT2D eigenvalue weighted by atomic mass is 10.1. The van der Waals surface area contributed by atoms with Crippen molar-refractivity contribution in [2.24, 2.45) is 0 Å². The Hall–Kier alpha value is -0.0900. The fourth-order valence-corrected chi connectivity index (χ4v) is 3.50. The van der Waals surface area contributed by atoms with Gasteiger partial charge in [-0.2, -0.15) is 5.26 Å². The fourth-order valence-electron chi connectivity index (χ4n) is 0.988. The first kappa shape index (κ1) is 13.0. The van der Waals surface area contributed by atoms with Gasteiger partial charge in [-0.15, -0.1) is 0 Å². The van der Waals surface area contributed by atoms with Gasteiger partial charge >= 0.3 is 0 Å². The minimum absolute atomic E-state index is 0.0858. The Morgan fingerprint density at radius 1 is 1.47 bits per heavy atom. The summed E-state index contributed by atoms with van der Waals surface area (Å²) in [5.74, 6) is 0. The highest BCUT2D eigenvalue weighted by atomic mass is 79.9. The van der Waals surface area contributed by atoms with Crippen molar-refractivity contribution < 1.29 is 8.42 Å². The van der Waals surface area contributed by atoms with E-state index < -0.39 is 9.05 Å². The lowest BCUT2D eigenvalue weighted by Gasteiger charge is -2.05. The number of alkyl halides is 1. The van der Waals surface area contributed by atoms with Crippen LogP contribution in [0.15, 0.2) is 21.5 Å². The zero-order chi connectivity index (χ0) is 11.6. The minimum Gasteiger partial charge on any atom is -0.207 e. The molecular formula is C8H4Br2ClNO2S. The Labute approximate surface area is 109 Å². The van der Waals surface area contributed by atoms with Gasteiger partial charge in [-0.1, -0.05) is 31.9 Å². The third-order valence-corrected chi connectivity index (χ3v) is 4.31. The molecule has 80 valence electrons. The summed E-state index contributed by atoms with van der Waals surface area (Å²) < 4.78 is 22.7. The summed E-state index contributed by atoms with van der Waals surface area (Å²) in [4.78, 5) is -0.0858. The molecule has 0 aromatic heterocycles. The highest BCUT2D eigenvalue weighted by Gasteiger charge is 2.15. The zero-order valence-electron chi connectivity index (χ0n) is 7.17. The van der Waals surface area contributed by atoms with Crippen LogP contribution in [0.5, 0.6) is 0 Å². The molecule has 0 aliphatic carbocycles. The second-order valence-electron chi connectivity index (χ2n) is 2.61. The highest BCUT2D eigenvalue weighted by Crippen LogP contribution is 2.28. The van der Waals surface area contributed by atoms with Gasteiger partial charge in [-0.05, 0) is 17.7 Å². The van der Waals surface area contributed by atoms with Gasteiger partial charge in [0.25, 0.3) is 9.05 Å². The number of hydrogen-bond acceptors (Lipinski definition) is 3. The Morgan fingerprint density at radius 2 is 2.07 bits per heavy atom. The molecule has 7 heteroatoms. The summed E-state index contributed by atoms with van der Waals surface area (Å²) in [6, 6.07) is 4.55. The molecule has 0 aliphatic heterocycles. The molecule has 0 amide bonds. The molecule has 0 aliphatic rings. The molecule has 15 heavy (non-hydrogen) atoms. The second-order valence-corrected chi connectivity index (χ2v) is 6.60. The minimum atomic E-state index is -3.81. The molecule has 0 atom stereocenters. The molecule has 0 radical (unpaired) electrons. The number of halogens is 3. The van der Waals surface area contributed by atoms with E-state index in [2.05, 4.69) is 31.9 Å². The van der Waals surface area contributed by atoms with Crippen LogP contribution in [-0.2, 0) is 14.4 Å². The molecule has 1 rings (SSSR count). The first-order valence-electron chi connectivity index (χ1n) is 3.63. The third kappa shape index (κ3) is 2.94. The third-order valence-electron chi connectivity index (χ3n) is 1.70. The largest absolute Gasteiger partial charge is 0.261 e. The van der Waals surface area contributed by atoms with E-state index >= 15 is 0 Å². The molecule has 0 saturated heterocycles. The molecule has 0 fully saturated rings. The molecule has 0 N–H and O–H groups in total. The van der Waals surface area contributed by atoms with Gasteiger partial charge in [0.2, 0.25) is 0 Å². The Kier molecular flexibility index (Phi) is 4.18. The van der Waals surface area contributed by atoms with Crippen LogP contribution in [0.4, 0.5) is 0 Å². The number of benzene rings is 1. The van der Waals surface area contributed by atoms with E-state index in [1.54, 1.807) is 0 Å². The first-order valence-corrected chi connectivity index (χ1v) is 7.85. The van der Waals surface area contributed by atoms with Gasteiger partial charge < -0.3 is 0 Å². The molecule has 3 nitrogen and oxygen atoms in total. The molecule has 0 heterocycles. The fraction of sp³-hybridized carbons (Fsp3) is 0.125. The normalized spacial score (nSPS) is 11.1. The summed E-state index contributed by atoms with van der Waals surface area (Å²) in [5.41, 5.74) is 0.974. The zero-order valence-corrected chi connectivity index (χ0v) is 11.9. The highest BCUT2D eigenvalue weighted by molar-refractivity contribution is 9.10. The van der Waals surface area contributed by atoms with Crippen molar-refractivity contribution in [1.29, 1.82) is 5.26 Å². The lowest BCUT2D eigenvalue weighted by Crippen LogP contribution is -1.96. The molecule has 1 aromatic rings. The standard InChI is InChI=1S/C8H4Br2ClNO2S/c9-3-7-5(4-12)1-6(2-8(7)10)15(11,13)14/h1-2H,3H2. The maximum Gasteiger partial charge on any atom is 0.261 e. The van der Waals surface area contributed by atoms with Crippen molar-refractivity contribution >= 4 is 51.6 Å². The van der Waals surface area contributed by atoms with Gasteiger partial charge in [0.05, 0.1) is 16.5 Å². The van der Waals surface area contributed by atoms with Gasteiger partial charge in [0.1, 0.15) is 0 Å². The number of hydrogen-bond donors (Lipinski definition) is 0. The van der Waals surface area contributed by atoms with E-state index in [0.29, 0.717) is 15.4 Å². The average Bonchev–Trinajstić information content (AvgIpc) is 2.15. The maximum absolute atomic E-state index is 11.1. The van der Waals surface area contributed by atoms with Crippen molar-refractivity contribution in [2.75, 3.05) is 0 Å². The lowest BCUT2D eigenvalue weighted by molar-refractivity contribution is 0.609. The summed E-state index contributed by atoms with van der Waals surface area (Å²) >= 11 is 6.40. The van der Waals surface area contributed by atoms with E-state index in [9.17, 15) is 8.42 Å². The van der Waals surface area contributed by atoms with Crippen molar-refractivity contribution in [3.05, 3.63) is 27.7 Å². The van der Waals surface area contributed by atoms with Crippen molar-refractivity contribution in [3.63, 3.8) is 0 Å². The summed E-state index contributed by atoms with van der Waals surface area (Å²) in [6.45, 7) is 0. The predicted octanol–water partition coefficient (Wildman–Crippen LogP) is 3.14. The Balaban J connectivity index is 3.55. The van der Waals surface area contributed by atoms with Crippen LogP contribution in [0.3, 0.4) is 0 Å². The molecule has 0 saturated carbocycles. The van der Waals surface area contributed by atoms with Crippen LogP contribution >= 0.6 is 42.5 Å². The topological polar surface area (TPSA) is 57.9 Å². The van der Waals surface area contributed by atoms with E-state index in [4.69, 9.17) is 15.9 Å². The van der Waals surface area contributed by atoms with Gasteiger partial charge in [-0.3, -0.25) is 0 Å². The van der Waals surface area contributed by atoms with Crippen LogP contribution < -0.4 is 0 Å². The number of rotatable bonds is 2. The SMILES string of the molecule is N#Cc1cc(S(=O)(=O)Cl)cc(Br)c1CBr. The summed E-state index contributed by atoms with van der Waals surface area (Å²) in [6.07, 6.45) is 0. The van der Waals surface area contributed by atoms with E-state index in [1.165, 1.54) is 12.1 Å². The second kappa shape index (κ2) is 4.83. The smallest absolute Gasteiger partial charge is 0.207 e. The summed E-state index contributed by atoms with van der Waals surface area (Å²) in [5, 5.41) is 9.29. The summed E-state index contributed by atoms with van der Waals surface area (Å²) in [7, 11) is 1.38. The molecule has 0 unspecified atom stereocenters. The van der Waals surface area contributed by atoms with Crippen LogP contribution in [0, 0.1) is 11.3 Å². The average molecular weight is 373 g/mol. The molecule has 0 bridgehead atoms. The van der Waals surface area contributed by atoms with Crippen molar-refractivity contribution in [1.82, 2.24) is 0 Å².